The second-order valence-electron chi connectivity index (χ2n) is 15.1. The van der Waals surface area contributed by atoms with E-state index in [9.17, 15) is 28.8 Å². The van der Waals surface area contributed by atoms with Crippen LogP contribution in [0.1, 0.15) is 67.9 Å². The molecule has 2 aliphatic rings. The number of carbonyl (C=O) groups excluding carboxylic acids is 6. The molecule has 0 spiro atoms. The number of carbonyl (C=O) groups is 6. The van der Waals surface area contributed by atoms with Crippen molar-refractivity contribution in [3.8, 4) is 5.75 Å². The minimum Gasteiger partial charge on any atom is -0.497 e. The van der Waals surface area contributed by atoms with Crippen molar-refractivity contribution < 1.29 is 85.3 Å². The summed E-state index contributed by atoms with van der Waals surface area (Å²) in [6.45, 7) is 16.1. The molecule has 3 rings (SSSR count). The van der Waals surface area contributed by atoms with E-state index in [1.807, 2.05) is 33.9 Å². The van der Waals surface area contributed by atoms with Gasteiger partial charge in [-0.15, -0.1) is 0 Å². The van der Waals surface area contributed by atoms with Gasteiger partial charge in [-0.05, 0) is 35.8 Å². The summed E-state index contributed by atoms with van der Waals surface area (Å²) in [6, 6.07) is 6.95. The van der Waals surface area contributed by atoms with Gasteiger partial charge in [0.25, 0.3) is 0 Å². The molecule has 0 N–H and O–H groups in total. The first-order valence-corrected chi connectivity index (χ1v) is 21.3. The highest BCUT2D eigenvalue weighted by atomic mass is 28.4. The summed E-state index contributed by atoms with van der Waals surface area (Å²) < 4.78 is 70.7. The smallest absolute Gasteiger partial charge is 0.305 e. The van der Waals surface area contributed by atoms with Crippen molar-refractivity contribution in [2.24, 2.45) is 0 Å². The summed E-state index contributed by atoms with van der Waals surface area (Å²) in [7, 11) is -0.966. The maximum absolute atomic E-state index is 12.8. The van der Waals surface area contributed by atoms with Gasteiger partial charge in [0.15, 0.2) is 32.9 Å². The van der Waals surface area contributed by atoms with Gasteiger partial charge in [-0.25, -0.2) is 0 Å². The lowest BCUT2D eigenvalue weighted by molar-refractivity contribution is -0.360. The summed E-state index contributed by atoms with van der Waals surface area (Å²) in [6.07, 6.45) is -14.6. The standard InChI is InChI=1S/C38H56O18Si/c1-20(39)46-18-28-31(33(50-22(3)41)35(52-24(5)43)36(54-28)53-25(6)44)56-37-34(51-23(4)42)32(47-17-26-13-15-27(45-10)16-14-26)30(49-21(2)40)29(55-37)19-48-57(11,12)38(7,8)9/h13-16,28-37H,17-19H2,1-12H3/t28-,29-,30+,31-,32+,33+,34-,35+,36+,37+/m1/s1. The molecular weight excluding hydrogens is 772 g/mol. The molecule has 0 aromatic heterocycles. The van der Waals surface area contributed by atoms with Crippen LogP contribution in [0.5, 0.6) is 5.75 Å². The van der Waals surface area contributed by atoms with Crippen molar-refractivity contribution in [3.05, 3.63) is 29.8 Å². The van der Waals surface area contributed by atoms with Crippen LogP contribution in [0, 0.1) is 0 Å². The predicted molar refractivity (Wildman–Crippen MR) is 198 cm³/mol. The molecule has 0 unspecified atom stereocenters. The summed E-state index contributed by atoms with van der Waals surface area (Å²) >= 11 is 0. The first-order valence-electron chi connectivity index (χ1n) is 18.4. The molecule has 0 saturated carbocycles. The number of ether oxygens (including phenoxy) is 11. The molecule has 1 aromatic rings. The van der Waals surface area contributed by atoms with Crippen LogP contribution < -0.4 is 4.74 Å². The van der Waals surface area contributed by atoms with Gasteiger partial charge < -0.3 is 56.5 Å². The third-order valence-corrected chi connectivity index (χ3v) is 13.9. The molecule has 0 bridgehead atoms. The number of esters is 6. The molecule has 1 aromatic carbocycles. The quantitative estimate of drug-likeness (QED) is 0.133. The maximum Gasteiger partial charge on any atom is 0.305 e. The fraction of sp³-hybridized carbons (Fsp3) is 0.684. The Bertz CT molecular complexity index is 1560. The number of rotatable bonds is 16. The van der Waals surface area contributed by atoms with Crippen molar-refractivity contribution >= 4 is 44.1 Å². The topological polar surface area (TPSA) is 213 Å². The second kappa shape index (κ2) is 20.5. The molecule has 0 radical (unpaired) electrons. The average molecular weight is 829 g/mol. The highest BCUT2D eigenvalue weighted by molar-refractivity contribution is 6.74. The first kappa shape index (κ1) is 47.2. The molecule has 2 saturated heterocycles. The predicted octanol–water partition coefficient (Wildman–Crippen LogP) is 3.29. The largest absolute Gasteiger partial charge is 0.497 e. The monoisotopic (exact) mass is 828 g/mol. The van der Waals surface area contributed by atoms with Crippen LogP contribution in [-0.4, -0.2) is 126 Å². The zero-order chi connectivity index (χ0) is 42.8. The van der Waals surface area contributed by atoms with E-state index in [4.69, 9.17) is 56.5 Å². The van der Waals surface area contributed by atoms with Gasteiger partial charge in [0.2, 0.25) is 12.4 Å². The van der Waals surface area contributed by atoms with E-state index in [0.717, 1.165) is 34.6 Å². The Kier molecular flexibility index (Phi) is 17.0. The molecule has 2 aliphatic heterocycles. The Morgan fingerprint density at radius 2 is 1.07 bits per heavy atom. The summed E-state index contributed by atoms with van der Waals surface area (Å²) in [4.78, 5) is 74.7. The molecule has 19 heteroatoms. The van der Waals surface area contributed by atoms with Gasteiger partial charge in [-0.2, -0.15) is 0 Å². The minimum atomic E-state index is -2.49. The molecule has 10 atom stereocenters. The van der Waals surface area contributed by atoms with Crippen LogP contribution in [-0.2, 0) is 87.2 Å². The first-order chi connectivity index (χ1) is 26.5. The Morgan fingerprint density at radius 3 is 1.56 bits per heavy atom. The number of hydrogen-bond donors (Lipinski definition) is 0. The summed E-state index contributed by atoms with van der Waals surface area (Å²) in [5.74, 6) is -4.18. The van der Waals surface area contributed by atoms with E-state index < -0.39 is 112 Å². The van der Waals surface area contributed by atoms with Gasteiger partial charge in [-0.3, -0.25) is 28.8 Å². The SMILES string of the molecule is COc1ccc(CO[C@H]2[C@@H](OC(C)=O)[C@@H](CO[Si](C)(C)C(C)(C)C)O[C@@H](O[C@H]3[C@H](OC(C)=O)[C@H](OC(C)=O)[C@@H](OC(C)=O)O[C@@H]3COC(C)=O)[C@@H]2OC(C)=O)cc1. The lowest BCUT2D eigenvalue weighted by Gasteiger charge is -2.49. The molecule has 18 nitrogen and oxygen atoms in total. The fourth-order valence-corrected chi connectivity index (χ4v) is 6.83. The molecular formula is C38H56O18Si. The second-order valence-corrected chi connectivity index (χ2v) is 19.9. The van der Waals surface area contributed by atoms with E-state index in [0.29, 0.717) is 11.3 Å². The molecule has 2 heterocycles. The Labute approximate surface area is 333 Å². The van der Waals surface area contributed by atoms with Crippen molar-refractivity contribution in [1.29, 1.82) is 0 Å². The lowest BCUT2D eigenvalue weighted by Crippen LogP contribution is -2.67. The van der Waals surface area contributed by atoms with Crippen LogP contribution in [0.3, 0.4) is 0 Å². The molecule has 0 amide bonds. The average Bonchev–Trinajstić information content (AvgIpc) is 3.08. The van der Waals surface area contributed by atoms with E-state index in [2.05, 4.69) is 0 Å². The van der Waals surface area contributed by atoms with Gasteiger partial charge >= 0.3 is 35.8 Å². The Hall–Kier alpha value is -4.14. The molecule has 2 fully saturated rings. The Morgan fingerprint density at radius 1 is 0.596 bits per heavy atom. The van der Waals surface area contributed by atoms with Crippen molar-refractivity contribution in [2.75, 3.05) is 20.3 Å². The van der Waals surface area contributed by atoms with Crippen molar-refractivity contribution in [2.45, 2.75) is 148 Å². The van der Waals surface area contributed by atoms with E-state index in [1.165, 1.54) is 14.0 Å². The van der Waals surface area contributed by atoms with E-state index in [1.54, 1.807) is 24.3 Å². The van der Waals surface area contributed by atoms with Gasteiger partial charge in [0.1, 0.15) is 36.8 Å². The Balaban J connectivity index is 2.22. The minimum absolute atomic E-state index is 0.0804. The highest BCUT2D eigenvalue weighted by Gasteiger charge is 2.57. The van der Waals surface area contributed by atoms with E-state index in [-0.39, 0.29) is 18.3 Å². The lowest BCUT2D eigenvalue weighted by atomic mass is 9.96. The molecule has 320 valence electrons. The zero-order valence-corrected chi connectivity index (χ0v) is 35.6. The third-order valence-electron chi connectivity index (χ3n) is 9.43. The van der Waals surface area contributed by atoms with E-state index >= 15 is 0 Å². The highest BCUT2D eigenvalue weighted by Crippen LogP contribution is 2.39. The van der Waals surface area contributed by atoms with Crippen LogP contribution in [0.2, 0.25) is 18.1 Å². The fourth-order valence-electron chi connectivity index (χ4n) is 5.82. The van der Waals surface area contributed by atoms with Crippen molar-refractivity contribution in [1.82, 2.24) is 0 Å². The van der Waals surface area contributed by atoms with Crippen LogP contribution in [0.4, 0.5) is 0 Å². The normalized spacial score (nSPS) is 27.6. The number of benzene rings is 1. The van der Waals surface area contributed by atoms with Gasteiger partial charge in [0, 0.05) is 41.5 Å². The summed E-state index contributed by atoms with van der Waals surface area (Å²) in [5, 5.41) is -0.246. The van der Waals surface area contributed by atoms with Crippen LogP contribution in [0.25, 0.3) is 0 Å². The van der Waals surface area contributed by atoms with Crippen LogP contribution >= 0.6 is 0 Å². The molecule has 0 aliphatic carbocycles. The van der Waals surface area contributed by atoms with Gasteiger partial charge in [0.05, 0.1) is 20.3 Å². The number of methoxy groups -OCH3 is 1. The van der Waals surface area contributed by atoms with Crippen LogP contribution in [0.15, 0.2) is 24.3 Å². The molecule has 57 heavy (non-hydrogen) atoms. The maximum atomic E-state index is 12.8. The van der Waals surface area contributed by atoms with Crippen molar-refractivity contribution in [3.63, 3.8) is 0 Å². The van der Waals surface area contributed by atoms with Gasteiger partial charge in [-0.1, -0.05) is 32.9 Å². The third kappa shape index (κ3) is 13.7. The zero-order valence-electron chi connectivity index (χ0n) is 34.6. The summed E-state index contributed by atoms with van der Waals surface area (Å²) in [5.41, 5.74) is 0.676. The number of hydrogen-bond acceptors (Lipinski definition) is 18.